The molecule has 1 heterocycles. The molecule has 2 aromatic carbocycles. The average molecular weight is 440 g/mol. The molecule has 10 heteroatoms. The monoisotopic (exact) mass is 439 g/mol. The second kappa shape index (κ2) is 9.53. The number of hydrogen-bond acceptors (Lipinski definition) is 5. The van der Waals surface area contributed by atoms with Crippen LogP contribution in [0.5, 0.6) is 5.75 Å². The molecule has 0 saturated heterocycles. The molecule has 0 saturated carbocycles. The quantitative estimate of drug-likeness (QED) is 0.566. The third-order valence-corrected chi connectivity index (χ3v) is 4.94. The van der Waals surface area contributed by atoms with Gasteiger partial charge in [0.05, 0.1) is 5.03 Å². The Morgan fingerprint density at radius 3 is 2.41 bits per heavy atom. The van der Waals surface area contributed by atoms with E-state index in [2.05, 4.69) is 20.3 Å². The summed E-state index contributed by atoms with van der Waals surface area (Å²) in [4.78, 5) is 12.2. The van der Waals surface area contributed by atoms with Crippen LogP contribution in [0.3, 0.4) is 0 Å². The highest BCUT2D eigenvalue weighted by atomic mass is 35.5. The molecule has 0 aliphatic rings. The van der Waals surface area contributed by atoms with E-state index in [9.17, 15) is 18.0 Å². The van der Waals surface area contributed by atoms with Crippen molar-refractivity contribution >= 4 is 40.0 Å². The van der Waals surface area contributed by atoms with Crippen LogP contribution in [0.15, 0.2) is 48.5 Å². The largest absolute Gasteiger partial charge is 0.435 e. The molecular weight excluding hydrogens is 427 g/mol. The molecule has 0 aliphatic heterocycles. The molecule has 3 rings (SSSR count). The normalized spacial score (nSPS) is 11.6. The van der Waals surface area contributed by atoms with Crippen molar-refractivity contribution in [3.8, 4) is 5.75 Å². The summed E-state index contributed by atoms with van der Waals surface area (Å²) in [6, 6.07) is 11.6. The Balaban J connectivity index is 1.62. The van der Waals surface area contributed by atoms with Gasteiger partial charge in [0.1, 0.15) is 11.6 Å². The summed E-state index contributed by atoms with van der Waals surface area (Å²) >= 11 is 7.22. The number of aromatic nitrogens is 2. The van der Waals surface area contributed by atoms with Crippen molar-refractivity contribution in [2.75, 3.05) is 0 Å². The van der Waals surface area contributed by atoms with E-state index in [0.717, 1.165) is 16.9 Å². The molecular formula is C19H13ClF3N3O2S. The first-order valence-corrected chi connectivity index (χ1v) is 9.39. The van der Waals surface area contributed by atoms with Crippen LogP contribution >= 0.6 is 22.9 Å². The summed E-state index contributed by atoms with van der Waals surface area (Å²) in [6.45, 7) is -2.68. The predicted molar refractivity (Wildman–Crippen MR) is 104 cm³/mol. The Kier molecular flexibility index (Phi) is 6.84. The SMILES string of the molecule is O=C(NCc1ccc(F)cc1)c1nnc(C(Cl)=Cc2ccc(OC(F)F)cc2)s1. The van der Waals surface area contributed by atoms with Gasteiger partial charge in [0, 0.05) is 6.54 Å². The van der Waals surface area contributed by atoms with Crippen molar-refractivity contribution in [3.63, 3.8) is 0 Å². The molecule has 3 aromatic rings. The molecule has 0 radical (unpaired) electrons. The Labute approximate surface area is 172 Å². The Hall–Kier alpha value is -2.91. The number of halogens is 4. The third kappa shape index (κ3) is 6.03. The van der Waals surface area contributed by atoms with E-state index in [0.29, 0.717) is 10.6 Å². The van der Waals surface area contributed by atoms with Gasteiger partial charge in [0.2, 0.25) is 5.01 Å². The average Bonchev–Trinajstić information content (AvgIpc) is 3.19. The summed E-state index contributed by atoms with van der Waals surface area (Å²) in [7, 11) is 0. The van der Waals surface area contributed by atoms with Gasteiger partial charge in [-0.2, -0.15) is 8.78 Å². The van der Waals surface area contributed by atoms with Crippen molar-refractivity contribution in [3.05, 3.63) is 75.5 Å². The van der Waals surface area contributed by atoms with Gasteiger partial charge < -0.3 is 10.1 Å². The first-order chi connectivity index (χ1) is 13.9. The van der Waals surface area contributed by atoms with Crippen molar-refractivity contribution in [1.29, 1.82) is 0 Å². The standard InChI is InChI=1S/C19H13ClF3N3O2S/c20-15(9-11-3-7-14(8-4-11)28-19(22)23)17-25-26-18(29-17)16(27)24-10-12-1-5-13(21)6-2-12/h1-9,19H,10H2,(H,24,27). The molecule has 0 fully saturated rings. The van der Waals surface area contributed by atoms with Crippen LogP contribution < -0.4 is 10.1 Å². The number of rotatable bonds is 7. The van der Waals surface area contributed by atoms with Crippen molar-refractivity contribution in [1.82, 2.24) is 15.5 Å². The van der Waals surface area contributed by atoms with Crippen LogP contribution in [0.1, 0.15) is 25.9 Å². The second-order valence-corrected chi connectivity index (χ2v) is 7.05. The maximum absolute atomic E-state index is 12.9. The zero-order chi connectivity index (χ0) is 20.8. The zero-order valence-corrected chi connectivity index (χ0v) is 16.2. The van der Waals surface area contributed by atoms with Gasteiger partial charge in [0.25, 0.3) is 5.91 Å². The molecule has 150 valence electrons. The van der Waals surface area contributed by atoms with E-state index < -0.39 is 12.5 Å². The molecule has 0 bridgehead atoms. The van der Waals surface area contributed by atoms with Gasteiger partial charge in [-0.25, -0.2) is 4.39 Å². The number of benzene rings is 2. The molecule has 29 heavy (non-hydrogen) atoms. The first-order valence-electron chi connectivity index (χ1n) is 8.19. The fourth-order valence-corrected chi connectivity index (χ4v) is 3.17. The Bertz CT molecular complexity index is 1010. The van der Waals surface area contributed by atoms with Crippen LogP contribution in [0.2, 0.25) is 0 Å². The Morgan fingerprint density at radius 2 is 1.76 bits per heavy atom. The van der Waals surface area contributed by atoms with E-state index in [1.54, 1.807) is 30.3 Å². The third-order valence-electron chi connectivity index (χ3n) is 3.59. The second-order valence-electron chi connectivity index (χ2n) is 5.66. The number of hydrogen-bond donors (Lipinski definition) is 1. The van der Waals surface area contributed by atoms with E-state index in [4.69, 9.17) is 11.6 Å². The maximum Gasteiger partial charge on any atom is 0.387 e. The molecule has 5 nitrogen and oxygen atoms in total. The lowest BCUT2D eigenvalue weighted by atomic mass is 10.2. The molecule has 1 amide bonds. The number of ether oxygens (including phenoxy) is 1. The van der Waals surface area contributed by atoms with Crippen molar-refractivity contribution < 1.29 is 22.7 Å². The van der Waals surface area contributed by atoms with Crippen LogP contribution in [-0.2, 0) is 6.54 Å². The first kappa shape index (κ1) is 20.8. The summed E-state index contributed by atoms with van der Waals surface area (Å²) in [5.74, 6) is -0.758. The van der Waals surface area contributed by atoms with E-state index in [1.165, 1.54) is 24.3 Å². The highest BCUT2D eigenvalue weighted by molar-refractivity contribution is 7.15. The molecule has 0 spiro atoms. The number of nitrogens with one attached hydrogen (secondary N) is 1. The van der Waals surface area contributed by atoms with Gasteiger partial charge in [-0.15, -0.1) is 10.2 Å². The van der Waals surface area contributed by atoms with Gasteiger partial charge in [-0.1, -0.05) is 47.2 Å². The summed E-state index contributed by atoms with van der Waals surface area (Å²) in [6.07, 6.45) is 1.56. The highest BCUT2D eigenvalue weighted by Gasteiger charge is 2.14. The highest BCUT2D eigenvalue weighted by Crippen LogP contribution is 2.26. The number of carbonyl (C=O) groups is 1. The van der Waals surface area contributed by atoms with E-state index in [1.807, 2.05) is 0 Å². The van der Waals surface area contributed by atoms with Crippen LogP contribution in [0.25, 0.3) is 11.1 Å². The lowest BCUT2D eigenvalue weighted by Gasteiger charge is -2.04. The smallest absolute Gasteiger partial charge is 0.387 e. The van der Waals surface area contributed by atoms with Crippen LogP contribution in [0, 0.1) is 5.82 Å². The zero-order valence-electron chi connectivity index (χ0n) is 14.6. The summed E-state index contributed by atoms with van der Waals surface area (Å²) in [5.41, 5.74) is 1.37. The van der Waals surface area contributed by atoms with Crippen molar-refractivity contribution in [2.45, 2.75) is 13.2 Å². The topological polar surface area (TPSA) is 64.1 Å². The molecule has 0 unspecified atom stereocenters. The molecule has 1 aromatic heterocycles. The number of amides is 1. The van der Waals surface area contributed by atoms with Crippen molar-refractivity contribution in [2.24, 2.45) is 0 Å². The van der Waals surface area contributed by atoms with E-state index >= 15 is 0 Å². The minimum atomic E-state index is -2.89. The summed E-state index contributed by atoms with van der Waals surface area (Å²) < 4.78 is 41.5. The maximum atomic E-state index is 12.9. The number of alkyl halides is 2. The minimum Gasteiger partial charge on any atom is -0.435 e. The Morgan fingerprint density at radius 1 is 1.10 bits per heavy atom. The van der Waals surface area contributed by atoms with Gasteiger partial charge >= 0.3 is 6.61 Å². The molecule has 1 N–H and O–H groups in total. The molecule has 0 aliphatic carbocycles. The van der Waals surface area contributed by atoms with Gasteiger partial charge in [-0.3, -0.25) is 4.79 Å². The lowest BCUT2D eigenvalue weighted by molar-refractivity contribution is -0.0498. The van der Waals surface area contributed by atoms with Gasteiger partial charge in [-0.05, 0) is 41.5 Å². The van der Waals surface area contributed by atoms with Gasteiger partial charge in [0.15, 0.2) is 5.01 Å². The van der Waals surface area contributed by atoms with Crippen LogP contribution in [-0.4, -0.2) is 22.7 Å². The fraction of sp³-hybridized carbons (Fsp3) is 0.105. The predicted octanol–water partition coefficient (Wildman–Crippen LogP) is 4.95. The fourth-order valence-electron chi connectivity index (χ4n) is 2.23. The number of carbonyl (C=O) groups excluding carboxylic acids is 1. The van der Waals surface area contributed by atoms with E-state index in [-0.39, 0.29) is 28.2 Å². The molecule has 0 atom stereocenters. The minimum absolute atomic E-state index is 0.0318. The van der Waals surface area contributed by atoms with Crippen LogP contribution in [0.4, 0.5) is 13.2 Å². The lowest BCUT2D eigenvalue weighted by Crippen LogP contribution is -2.22. The summed E-state index contributed by atoms with van der Waals surface area (Å²) in [5, 5.41) is 11.1. The number of nitrogens with zero attached hydrogens (tertiary/aromatic N) is 2.